The van der Waals surface area contributed by atoms with E-state index >= 15 is 0 Å². The molecule has 0 heterocycles. The van der Waals surface area contributed by atoms with Crippen LogP contribution in [0.15, 0.2) is 0 Å². The van der Waals surface area contributed by atoms with E-state index < -0.39 is 33.7 Å². The molecular weight excluding hydrogens is 351 g/mol. The maximum Gasteiger partial charge on any atom is 1.00 e. The molecule has 0 amide bonds. The van der Waals surface area contributed by atoms with E-state index in [1.807, 2.05) is 0 Å². The third-order valence-electron chi connectivity index (χ3n) is 3.10. The van der Waals surface area contributed by atoms with Crippen LogP contribution in [0.3, 0.4) is 0 Å². The Labute approximate surface area is 166 Å². The first-order valence-corrected chi connectivity index (χ1v) is 9.21. The molecule has 0 aliphatic rings. The monoisotopic (exact) mass is 378 g/mol. The van der Waals surface area contributed by atoms with Crippen molar-refractivity contribution in [1.82, 2.24) is 0 Å². The van der Waals surface area contributed by atoms with Crippen molar-refractivity contribution in [3.05, 3.63) is 0 Å². The molecule has 0 saturated carbocycles. The summed E-state index contributed by atoms with van der Waals surface area (Å²) in [7, 11) is -4.82. The minimum Gasteiger partial charge on any atom is -1.00 e. The molecule has 0 bridgehead atoms. The predicted molar refractivity (Wildman–Crippen MR) is 83.9 cm³/mol. The van der Waals surface area contributed by atoms with Crippen LogP contribution in [0.25, 0.3) is 0 Å². The summed E-state index contributed by atoms with van der Waals surface area (Å²) in [5.74, 6) is -2.82. The maximum absolute atomic E-state index is 11.5. The van der Waals surface area contributed by atoms with E-state index in [1.165, 1.54) is 19.3 Å². The van der Waals surface area contributed by atoms with E-state index in [-0.39, 0.29) is 44.2 Å². The first-order valence-electron chi connectivity index (χ1n) is 7.71. The molecule has 8 nitrogen and oxygen atoms in total. The van der Waals surface area contributed by atoms with Crippen LogP contribution in [0.1, 0.15) is 53.3 Å². The van der Waals surface area contributed by atoms with Gasteiger partial charge in [-0.15, -0.1) is 0 Å². The van der Waals surface area contributed by atoms with Crippen molar-refractivity contribution in [1.29, 1.82) is 0 Å². The maximum atomic E-state index is 11.5. The van der Waals surface area contributed by atoms with Crippen LogP contribution in [0, 0.1) is 0 Å². The number of carbonyl (C=O) groups excluding carboxylic acids is 1. The Morgan fingerprint density at radius 3 is 2.17 bits per heavy atom. The summed E-state index contributed by atoms with van der Waals surface area (Å²) in [6, 6.07) is 0. The molecule has 0 aliphatic heterocycles. The van der Waals surface area contributed by atoms with Gasteiger partial charge in [0.25, 0.3) is 10.1 Å². The summed E-state index contributed by atoms with van der Waals surface area (Å²) in [5.41, 5.74) is 0. The van der Waals surface area contributed by atoms with Crippen molar-refractivity contribution in [3.63, 3.8) is 0 Å². The van der Waals surface area contributed by atoms with Crippen molar-refractivity contribution in [2.45, 2.75) is 57.1 Å². The molecule has 24 heavy (non-hydrogen) atoms. The summed E-state index contributed by atoms with van der Waals surface area (Å²) >= 11 is 0. The van der Waals surface area contributed by atoms with E-state index in [0.29, 0.717) is 6.61 Å². The number of carbonyl (C=O) groups is 2. The van der Waals surface area contributed by atoms with Crippen molar-refractivity contribution < 1.29 is 68.1 Å². The second-order valence-corrected chi connectivity index (χ2v) is 6.75. The van der Waals surface area contributed by atoms with E-state index in [0.717, 1.165) is 19.3 Å². The number of rotatable bonds is 14. The molecule has 0 aromatic carbocycles. The van der Waals surface area contributed by atoms with Crippen molar-refractivity contribution in [2.75, 3.05) is 19.8 Å². The van der Waals surface area contributed by atoms with Gasteiger partial charge in [-0.1, -0.05) is 39.0 Å². The minimum absolute atomic E-state index is 0. The van der Waals surface area contributed by atoms with Gasteiger partial charge in [0.05, 0.1) is 13.0 Å². The molecule has 0 aromatic rings. The van der Waals surface area contributed by atoms with Crippen LogP contribution in [-0.2, 0) is 29.2 Å². The summed E-state index contributed by atoms with van der Waals surface area (Å²) in [4.78, 5) is 22.0. The second kappa shape index (κ2) is 15.1. The van der Waals surface area contributed by atoms with Gasteiger partial charge in [0.1, 0.15) is 6.61 Å². The molecule has 0 radical (unpaired) electrons. The minimum atomic E-state index is -4.82. The molecule has 0 aliphatic carbocycles. The van der Waals surface area contributed by atoms with E-state index in [4.69, 9.17) is 14.4 Å². The Morgan fingerprint density at radius 2 is 1.62 bits per heavy atom. The summed E-state index contributed by atoms with van der Waals surface area (Å²) < 4.78 is 40.6. The third-order valence-corrected chi connectivity index (χ3v) is 4.17. The predicted octanol–water partition coefficient (Wildman–Crippen LogP) is -1.25. The largest absolute Gasteiger partial charge is 1.00 e. The van der Waals surface area contributed by atoms with Crippen LogP contribution in [0.5, 0.6) is 0 Å². The molecule has 0 spiro atoms. The van der Waals surface area contributed by atoms with Crippen LogP contribution < -0.4 is 29.6 Å². The molecule has 2 N–H and O–H groups in total. The fraction of sp³-hybridized carbons (Fsp3) is 0.857. The number of unbranched alkanes of at least 4 members (excludes halogenated alkanes) is 5. The zero-order chi connectivity index (χ0) is 17.7. The molecule has 1 atom stereocenters. The number of esters is 1. The van der Waals surface area contributed by atoms with Gasteiger partial charge in [-0.3, -0.25) is 14.1 Å². The number of carboxylic acid groups (broad SMARTS) is 1. The average molecular weight is 378 g/mol. The zero-order valence-electron chi connectivity index (χ0n) is 15.4. The first-order chi connectivity index (χ1) is 10.8. The Morgan fingerprint density at radius 1 is 1.04 bits per heavy atom. The Kier molecular flexibility index (Phi) is 16.4. The molecular formula is C14H27NaO8S. The molecule has 10 heteroatoms. The van der Waals surface area contributed by atoms with Crippen LogP contribution in [0.4, 0.5) is 0 Å². The smallest absolute Gasteiger partial charge is 1.00 e. The van der Waals surface area contributed by atoms with Crippen LogP contribution in [0.2, 0.25) is 0 Å². The quantitative estimate of drug-likeness (QED) is 0.166. The number of hydrogen-bond acceptors (Lipinski definition) is 6. The van der Waals surface area contributed by atoms with Gasteiger partial charge >= 0.3 is 41.5 Å². The van der Waals surface area contributed by atoms with Gasteiger partial charge in [0, 0.05) is 6.61 Å². The first kappa shape index (κ1) is 26.0. The van der Waals surface area contributed by atoms with Crippen LogP contribution >= 0.6 is 0 Å². The fourth-order valence-corrected chi connectivity index (χ4v) is 2.51. The average Bonchev–Trinajstić information content (AvgIpc) is 2.45. The van der Waals surface area contributed by atoms with Gasteiger partial charge in [0.15, 0.2) is 5.25 Å². The van der Waals surface area contributed by atoms with Gasteiger partial charge in [-0.2, -0.15) is 8.42 Å². The normalized spacial score (nSPS) is 12.2. The zero-order valence-corrected chi connectivity index (χ0v) is 17.2. The molecule has 1 unspecified atom stereocenters. The fourth-order valence-electron chi connectivity index (χ4n) is 1.85. The number of hydrogen-bond donors (Lipinski definition) is 2. The summed E-state index contributed by atoms with van der Waals surface area (Å²) in [5, 5.41) is 6.42. The van der Waals surface area contributed by atoms with Crippen molar-refractivity contribution in [3.8, 4) is 0 Å². The number of aliphatic carboxylic acids is 1. The van der Waals surface area contributed by atoms with Gasteiger partial charge in [-0.05, 0) is 6.42 Å². The SMILES string of the molecule is CCCCCCCCOCCOC(=O)C(CC(=O)O)S(=O)(=O)O.[H-].[Na+]. The number of carboxylic acids is 1. The summed E-state index contributed by atoms with van der Waals surface area (Å²) in [6.45, 7) is 2.56. The Bertz CT molecular complexity index is 458. The molecule has 138 valence electrons. The van der Waals surface area contributed by atoms with Gasteiger partial charge in [0.2, 0.25) is 0 Å². The topological polar surface area (TPSA) is 127 Å². The van der Waals surface area contributed by atoms with Crippen molar-refractivity contribution in [2.24, 2.45) is 0 Å². The van der Waals surface area contributed by atoms with Crippen molar-refractivity contribution >= 4 is 22.1 Å². The molecule has 0 aromatic heterocycles. The Hall–Kier alpha value is -0.190. The summed E-state index contributed by atoms with van der Waals surface area (Å²) in [6.07, 6.45) is 5.67. The Balaban J connectivity index is -0.00000242. The second-order valence-electron chi connectivity index (χ2n) is 5.15. The molecule has 0 rings (SSSR count). The van der Waals surface area contributed by atoms with Gasteiger partial charge in [-0.25, -0.2) is 0 Å². The molecule has 0 saturated heterocycles. The standard InChI is InChI=1S/C14H26O8S.Na.H/c1-2-3-4-5-6-7-8-21-9-10-22-14(17)12(11-13(15)16)23(18,19)20;;/h12H,2-11H2,1H3,(H,15,16)(H,18,19,20);;/q;+1;-1. The van der Waals surface area contributed by atoms with Gasteiger partial charge < -0.3 is 16.0 Å². The number of ether oxygens (including phenoxy) is 2. The van der Waals surface area contributed by atoms with Crippen LogP contribution in [-0.4, -0.2) is 55.1 Å². The van der Waals surface area contributed by atoms with E-state index in [1.54, 1.807) is 0 Å². The van der Waals surface area contributed by atoms with E-state index in [9.17, 15) is 18.0 Å². The van der Waals surface area contributed by atoms with E-state index in [2.05, 4.69) is 11.7 Å². The molecule has 0 fully saturated rings. The third kappa shape index (κ3) is 14.2.